The van der Waals surface area contributed by atoms with Crippen molar-refractivity contribution in [3.8, 4) is 0 Å². The molecule has 1 amide bonds. The number of likely N-dealkylation sites (tertiary alicyclic amines) is 1. The fourth-order valence-corrected chi connectivity index (χ4v) is 3.21. The smallest absolute Gasteiger partial charge is 0.271 e. The Labute approximate surface area is 156 Å². The SMILES string of the molecule is O=C(c1ccn[nH]1)N1CCC(c2noc(COCc3ccccc3)n2)CC1. The topological polar surface area (TPSA) is 97.1 Å². The molecule has 1 aromatic carbocycles. The quantitative estimate of drug-likeness (QED) is 0.719. The summed E-state index contributed by atoms with van der Waals surface area (Å²) < 4.78 is 10.9. The van der Waals surface area contributed by atoms with E-state index in [0.717, 1.165) is 18.4 Å². The highest BCUT2D eigenvalue weighted by atomic mass is 16.5. The van der Waals surface area contributed by atoms with Crippen LogP contribution in [0.3, 0.4) is 0 Å². The van der Waals surface area contributed by atoms with Crippen LogP contribution in [0.5, 0.6) is 0 Å². The molecular weight excluding hydrogens is 346 g/mol. The minimum Gasteiger partial charge on any atom is -0.367 e. The normalized spacial score (nSPS) is 15.2. The number of hydrogen-bond donors (Lipinski definition) is 1. The lowest BCUT2D eigenvalue weighted by molar-refractivity contribution is 0.0704. The molecule has 3 heterocycles. The van der Waals surface area contributed by atoms with E-state index in [9.17, 15) is 4.79 Å². The summed E-state index contributed by atoms with van der Waals surface area (Å²) in [5.74, 6) is 1.36. The van der Waals surface area contributed by atoms with Crippen LogP contribution in [-0.2, 0) is 18.0 Å². The number of nitrogens with one attached hydrogen (secondary N) is 1. The molecule has 3 aromatic rings. The van der Waals surface area contributed by atoms with E-state index in [1.807, 2.05) is 35.2 Å². The van der Waals surface area contributed by atoms with Crippen LogP contribution in [0.15, 0.2) is 47.1 Å². The number of H-pyrrole nitrogens is 1. The lowest BCUT2D eigenvalue weighted by Crippen LogP contribution is -2.38. The number of benzene rings is 1. The van der Waals surface area contributed by atoms with Crippen molar-refractivity contribution in [2.45, 2.75) is 32.0 Å². The minimum atomic E-state index is -0.0194. The average Bonchev–Trinajstić information content (AvgIpc) is 3.41. The van der Waals surface area contributed by atoms with Gasteiger partial charge < -0.3 is 14.2 Å². The number of ether oxygens (including phenoxy) is 1. The third kappa shape index (κ3) is 4.22. The molecule has 0 radical (unpaired) electrons. The number of amides is 1. The second kappa shape index (κ2) is 8.13. The molecule has 8 heteroatoms. The van der Waals surface area contributed by atoms with Gasteiger partial charge in [-0.3, -0.25) is 9.89 Å². The van der Waals surface area contributed by atoms with Crippen molar-refractivity contribution in [3.05, 3.63) is 65.6 Å². The van der Waals surface area contributed by atoms with Gasteiger partial charge in [-0.15, -0.1) is 0 Å². The first-order chi connectivity index (χ1) is 13.3. The van der Waals surface area contributed by atoms with E-state index in [1.165, 1.54) is 0 Å². The Balaban J connectivity index is 1.26. The van der Waals surface area contributed by atoms with E-state index in [-0.39, 0.29) is 11.8 Å². The zero-order chi connectivity index (χ0) is 18.5. The van der Waals surface area contributed by atoms with Crippen molar-refractivity contribution >= 4 is 5.91 Å². The zero-order valence-corrected chi connectivity index (χ0v) is 14.9. The molecule has 1 N–H and O–H groups in total. The van der Waals surface area contributed by atoms with Crippen molar-refractivity contribution < 1.29 is 14.1 Å². The first kappa shape index (κ1) is 17.4. The van der Waals surface area contributed by atoms with Gasteiger partial charge in [-0.05, 0) is 24.5 Å². The lowest BCUT2D eigenvalue weighted by atomic mass is 9.96. The Morgan fingerprint density at radius 3 is 2.74 bits per heavy atom. The molecule has 0 saturated carbocycles. The van der Waals surface area contributed by atoms with Gasteiger partial charge in [-0.2, -0.15) is 10.1 Å². The Hall–Kier alpha value is -3.00. The van der Waals surface area contributed by atoms with Crippen molar-refractivity contribution in [3.63, 3.8) is 0 Å². The first-order valence-electron chi connectivity index (χ1n) is 9.02. The number of carbonyl (C=O) groups excluding carboxylic acids is 1. The minimum absolute atomic E-state index is 0.0194. The van der Waals surface area contributed by atoms with E-state index < -0.39 is 0 Å². The summed E-state index contributed by atoms with van der Waals surface area (Å²) in [5.41, 5.74) is 1.62. The van der Waals surface area contributed by atoms with Gasteiger partial charge in [0, 0.05) is 25.2 Å². The van der Waals surface area contributed by atoms with Crippen LogP contribution in [0.1, 0.15) is 46.5 Å². The maximum Gasteiger partial charge on any atom is 0.271 e. The standard InChI is InChI=1S/C19H21N5O3/c25-19(16-6-9-20-22-16)24-10-7-15(8-11-24)18-21-17(27-23-18)13-26-12-14-4-2-1-3-5-14/h1-6,9,15H,7-8,10-13H2,(H,20,22). The van der Waals surface area contributed by atoms with Gasteiger partial charge in [-0.25, -0.2) is 0 Å². The van der Waals surface area contributed by atoms with Gasteiger partial charge in [0.05, 0.1) is 6.61 Å². The highest BCUT2D eigenvalue weighted by molar-refractivity contribution is 5.92. The summed E-state index contributed by atoms with van der Waals surface area (Å²) >= 11 is 0. The summed E-state index contributed by atoms with van der Waals surface area (Å²) in [5, 5.41) is 10.6. The third-order valence-electron chi connectivity index (χ3n) is 4.70. The van der Waals surface area contributed by atoms with Gasteiger partial charge >= 0.3 is 0 Å². The molecule has 0 atom stereocenters. The van der Waals surface area contributed by atoms with Gasteiger partial charge in [0.15, 0.2) is 5.82 Å². The molecule has 1 aliphatic heterocycles. The molecule has 1 fully saturated rings. The maximum atomic E-state index is 12.3. The molecule has 27 heavy (non-hydrogen) atoms. The van der Waals surface area contributed by atoms with E-state index >= 15 is 0 Å². The van der Waals surface area contributed by atoms with E-state index in [2.05, 4.69) is 20.3 Å². The second-order valence-corrected chi connectivity index (χ2v) is 6.56. The Morgan fingerprint density at radius 1 is 1.19 bits per heavy atom. The first-order valence-corrected chi connectivity index (χ1v) is 9.02. The zero-order valence-electron chi connectivity index (χ0n) is 14.9. The number of carbonyl (C=O) groups is 1. The van der Waals surface area contributed by atoms with Crippen LogP contribution >= 0.6 is 0 Å². The van der Waals surface area contributed by atoms with Gasteiger partial charge in [-0.1, -0.05) is 35.5 Å². The lowest BCUT2D eigenvalue weighted by Gasteiger charge is -2.30. The largest absolute Gasteiger partial charge is 0.367 e. The molecule has 8 nitrogen and oxygen atoms in total. The fourth-order valence-electron chi connectivity index (χ4n) is 3.21. The number of nitrogens with zero attached hydrogens (tertiary/aromatic N) is 4. The van der Waals surface area contributed by atoms with Crippen molar-refractivity contribution in [1.29, 1.82) is 0 Å². The van der Waals surface area contributed by atoms with Crippen LogP contribution < -0.4 is 0 Å². The molecule has 1 saturated heterocycles. The monoisotopic (exact) mass is 367 g/mol. The van der Waals surface area contributed by atoms with Crippen LogP contribution in [0.25, 0.3) is 0 Å². The fraction of sp³-hybridized carbons (Fsp3) is 0.368. The summed E-state index contributed by atoms with van der Waals surface area (Å²) in [6.45, 7) is 2.12. The summed E-state index contributed by atoms with van der Waals surface area (Å²) in [4.78, 5) is 18.6. The average molecular weight is 367 g/mol. The molecule has 140 valence electrons. The van der Waals surface area contributed by atoms with Gasteiger partial charge in [0.25, 0.3) is 11.8 Å². The summed E-state index contributed by atoms with van der Waals surface area (Å²) in [7, 11) is 0. The summed E-state index contributed by atoms with van der Waals surface area (Å²) in [6.07, 6.45) is 3.20. The Bertz CT molecular complexity index is 855. The van der Waals surface area contributed by atoms with Crippen LogP contribution in [0.2, 0.25) is 0 Å². The maximum absolute atomic E-state index is 12.3. The molecule has 2 aromatic heterocycles. The number of aromatic amines is 1. The summed E-state index contributed by atoms with van der Waals surface area (Å²) in [6, 6.07) is 11.6. The Kier molecular flexibility index (Phi) is 5.24. The molecule has 0 unspecified atom stereocenters. The van der Waals surface area contributed by atoms with Gasteiger partial charge in [0.1, 0.15) is 12.3 Å². The van der Waals surface area contributed by atoms with Crippen LogP contribution in [0.4, 0.5) is 0 Å². The number of rotatable bonds is 6. The number of hydrogen-bond acceptors (Lipinski definition) is 6. The molecular formula is C19H21N5O3. The molecule has 0 bridgehead atoms. The predicted molar refractivity (Wildman–Crippen MR) is 95.7 cm³/mol. The van der Waals surface area contributed by atoms with Gasteiger partial charge in [0.2, 0.25) is 0 Å². The van der Waals surface area contributed by atoms with Crippen molar-refractivity contribution in [1.82, 2.24) is 25.2 Å². The van der Waals surface area contributed by atoms with E-state index in [1.54, 1.807) is 12.3 Å². The highest BCUT2D eigenvalue weighted by Gasteiger charge is 2.27. The highest BCUT2D eigenvalue weighted by Crippen LogP contribution is 2.26. The van der Waals surface area contributed by atoms with Crippen molar-refractivity contribution in [2.75, 3.05) is 13.1 Å². The predicted octanol–water partition coefficient (Wildman–Crippen LogP) is 2.53. The molecule has 1 aliphatic rings. The third-order valence-corrected chi connectivity index (χ3v) is 4.70. The Morgan fingerprint density at radius 2 is 2.00 bits per heavy atom. The van der Waals surface area contributed by atoms with Crippen LogP contribution in [0, 0.1) is 0 Å². The van der Waals surface area contributed by atoms with Crippen molar-refractivity contribution in [2.24, 2.45) is 0 Å². The van der Waals surface area contributed by atoms with Crippen LogP contribution in [-0.4, -0.2) is 44.2 Å². The van der Waals surface area contributed by atoms with E-state index in [4.69, 9.17) is 9.26 Å². The van der Waals surface area contributed by atoms with E-state index in [0.29, 0.717) is 43.7 Å². The number of aromatic nitrogens is 4. The molecule has 0 aliphatic carbocycles. The number of piperidine rings is 1. The molecule has 0 spiro atoms. The second-order valence-electron chi connectivity index (χ2n) is 6.56. The molecule has 4 rings (SSSR count).